The molecule has 3 aromatic carbocycles. The van der Waals surface area contributed by atoms with Crippen LogP contribution in [0.4, 0.5) is 10.1 Å². The lowest BCUT2D eigenvalue weighted by molar-refractivity contribution is -0.921. The van der Waals surface area contributed by atoms with Gasteiger partial charge in [0.1, 0.15) is 23.9 Å². The number of rotatable bonds is 10. The van der Waals surface area contributed by atoms with Crippen molar-refractivity contribution in [1.82, 2.24) is 0 Å². The molecule has 1 amide bonds. The van der Waals surface area contributed by atoms with E-state index >= 15 is 0 Å². The van der Waals surface area contributed by atoms with E-state index in [2.05, 4.69) is 12.1 Å². The van der Waals surface area contributed by atoms with Gasteiger partial charge in [0.05, 0.1) is 38.3 Å². The Morgan fingerprint density at radius 1 is 0.976 bits per heavy atom. The van der Waals surface area contributed by atoms with Crippen molar-refractivity contribution in [3.05, 3.63) is 77.6 Å². The van der Waals surface area contributed by atoms with Crippen LogP contribution in [0, 0.1) is 11.2 Å². The third-order valence-electron chi connectivity index (χ3n) is 8.23. The fourth-order valence-corrected chi connectivity index (χ4v) is 6.26. The molecule has 0 bridgehead atoms. The lowest BCUT2D eigenvalue weighted by atomic mass is 9.77. The van der Waals surface area contributed by atoms with E-state index in [1.165, 1.54) is 17.0 Å². The summed E-state index contributed by atoms with van der Waals surface area (Å²) < 4.78 is 25.7. The lowest BCUT2D eigenvalue weighted by Crippen LogP contribution is -3.12. The Hall–Kier alpha value is -3.91. The molecule has 0 saturated carbocycles. The molecular formula is C33H38FN2O5+. The number of piperidine rings is 1. The molecule has 8 heteroatoms. The molecule has 7 nitrogen and oxygen atoms in total. The van der Waals surface area contributed by atoms with Gasteiger partial charge < -0.3 is 24.4 Å². The Morgan fingerprint density at radius 3 is 2.24 bits per heavy atom. The van der Waals surface area contributed by atoms with Crippen LogP contribution in [0.5, 0.6) is 11.5 Å². The van der Waals surface area contributed by atoms with Gasteiger partial charge in [-0.15, -0.1) is 0 Å². The number of quaternary nitrogens is 1. The minimum Gasteiger partial charge on any atom is -0.493 e. The van der Waals surface area contributed by atoms with Crippen molar-refractivity contribution in [3.8, 4) is 22.6 Å². The number of ether oxygens (including phenoxy) is 2. The number of hydrogen-bond donors (Lipinski definition) is 2. The van der Waals surface area contributed by atoms with Crippen molar-refractivity contribution in [2.24, 2.45) is 5.41 Å². The number of carbonyl (C=O) groups is 2. The number of carboxylic acids is 1. The van der Waals surface area contributed by atoms with Crippen LogP contribution in [-0.4, -0.2) is 49.8 Å². The number of hydrogen-bond acceptors (Lipinski definition) is 4. The number of likely N-dealkylation sites (tertiary alicyclic amines) is 1. The molecule has 2 aliphatic rings. The van der Waals surface area contributed by atoms with Crippen LogP contribution in [-0.2, 0) is 22.6 Å². The second kappa shape index (κ2) is 12.3. The largest absolute Gasteiger partial charge is 0.493 e. The summed E-state index contributed by atoms with van der Waals surface area (Å²) in [6, 6.07) is 17.9. The van der Waals surface area contributed by atoms with E-state index < -0.39 is 5.97 Å². The van der Waals surface area contributed by atoms with Crippen molar-refractivity contribution >= 4 is 17.6 Å². The van der Waals surface area contributed by atoms with Gasteiger partial charge in [-0.25, -0.2) is 4.39 Å². The standard InChI is InChI=1S/C33H37FN2O5/c1-3-40-28-17-24(18-29(41-4-2)32(28)25-8-10-26(34)11-9-25)21-35-14-12-33(13-15-35)20-30(37)36(22-33)27-7-5-6-23(16-27)19-31(38)39/h5-11,16-18H,3-4,12-15,19-22H2,1-2H3,(H,38,39)/p+1. The maximum absolute atomic E-state index is 13.6. The molecule has 0 aromatic heterocycles. The first kappa shape index (κ1) is 28.6. The van der Waals surface area contributed by atoms with Crippen molar-refractivity contribution in [1.29, 1.82) is 0 Å². The minimum absolute atomic E-state index is 0.0528. The van der Waals surface area contributed by atoms with E-state index in [0.717, 1.165) is 66.4 Å². The van der Waals surface area contributed by atoms with E-state index in [4.69, 9.17) is 14.6 Å². The van der Waals surface area contributed by atoms with Crippen molar-refractivity contribution < 1.29 is 33.5 Å². The molecule has 0 unspecified atom stereocenters. The highest BCUT2D eigenvalue weighted by Gasteiger charge is 2.46. The van der Waals surface area contributed by atoms with E-state index in [1.54, 1.807) is 18.2 Å². The third kappa shape index (κ3) is 6.54. The van der Waals surface area contributed by atoms with Gasteiger partial charge in [-0.05, 0) is 61.4 Å². The quantitative estimate of drug-likeness (QED) is 0.381. The molecule has 2 fully saturated rings. The normalized spacial score (nSPS) is 20.4. The number of nitrogens with one attached hydrogen (secondary N) is 1. The molecule has 2 saturated heterocycles. The van der Waals surface area contributed by atoms with Crippen LogP contribution in [0.2, 0.25) is 0 Å². The first-order valence-corrected chi connectivity index (χ1v) is 14.4. The number of nitrogens with zero attached hydrogens (tertiary/aromatic N) is 1. The maximum atomic E-state index is 13.6. The molecular weight excluding hydrogens is 523 g/mol. The topological polar surface area (TPSA) is 80.5 Å². The molecule has 1 spiro atoms. The van der Waals surface area contributed by atoms with Gasteiger partial charge in [0.25, 0.3) is 0 Å². The number of anilines is 1. The third-order valence-corrected chi connectivity index (χ3v) is 8.23. The van der Waals surface area contributed by atoms with E-state index in [1.807, 2.05) is 36.9 Å². The van der Waals surface area contributed by atoms with Crippen LogP contribution < -0.4 is 19.3 Å². The summed E-state index contributed by atoms with van der Waals surface area (Å²) in [5.41, 5.74) is 4.24. The average Bonchev–Trinajstić information content (AvgIpc) is 3.26. The second-order valence-electron chi connectivity index (χ2n) is 11.2. The number of benzene rings is 3. The SMILES string of the molecule is CCOc1cc(C[NH+]2CCC3(CC2)CC(=O)N(c2cccc(CC(=O)O)c2)C3)cc(OCC)c1-c1ccc(F)cc1. The molecule has 0 atom stereocenters. The zero-order valence-electron chi connectivity index (χ0n) is 23.7. The summed E-state index contributed by atoms with van der Waals surface area (Å²) in [6.45, 7) is 8.30. The molecule has 216 valence electrons. The fourth-order valence-electron chi connectivity index (χ4n) is 6.26. The predicted octanol–water partition coefficient (Wildman–Crippen LogP) is 4.52. The predicted molar refractivity (Wildman–Crippen MR) is 155 cm³/mol. The number of carbonyl (C=O) groups excluding carboxylic acids is 1. The Labute approximate surface area is 240 Å². The Bertz CT molecular complexity index is 1370. The smallest absolute Gasteiger partial charge is 0.307 e. The van der Waals surface area contributed by atoms with Crippen molar-refractivity contribution in [3.63, 3.8) is 0 Å². The maximum Gasteiger partial charge on any atom is 0.307 e. The number of carboxylic acid groups (broad SMARTS) is 1. The van der Waals surface area contributed by atoms with Crippen LogP contribution in [0.15, 0.2) is 60.7 Å². The van der Waals surface area contributed by atoms with Gasteiger partial charge in [0.2, 0.25) is 5.91 Å². The summed E-state index contributed by atoms with van der Waals surface area (Å²) in [4.78, 5) is 27.5. The van der Waals surface area contributed by atoms with Crippen LogP contribution >= 0.6 is 0 Å². The fraction of sp³-hybridized carbons (Fsp3) is 0.394. The van der Waals surface area contributed by atoms with Crippen LogP contribution in [0.1, 0.15) is 44.2 Å². The van der Waals surface area contributed by atoms with Gasteiger partial charge >= 0.3 is 5.97 Å². The summed E-state index contributed by atoms with van der Waals surface area (Å²) in [5, 5.41) is 9.15. The molecule has 0 aliphatic carbocycles. The summed E-state index contributed by atoms with van der Waals surface area (Å²) >= 11 is 0. The van der Waals surface area contributed by atoms with Crippen LogP contribution in [0.3, 0.4) is 0 Å². The Balaban J connectivity index is 1.29. The highest BCUT2D eigenvalue weighted by atomic mass is 19.1. The van der Waals surface area contributed by atoms with Crippen molar-refractivity contribution in [2.45, 2.75) is 46.1 Å². The van der Waals surface area contributed by atoms with E-state index in [0.29, 0.717) is 31.7 Å². The monoisotopic (exact) mass is 561 g/mol. The summed E-state index contributed by atoms with van der Waals surface area (Å²) in [7, 11) is 0. The lowest BCUT2D eigenvalue weighted by Gasteiger charge is -2.36. The average molecular weight is 562 g/mol. The van der Waals surface area contributed by atoms with Gasteiger partial charge in [0.15, 0.2) is 0 Å². The Kier molecular flexibility index (Phi) is 8.59. The highest BCUT2D eigenvalue weighted by Crippen LogP contribution is 2.42. The molecule has 41 heavy (non-hydrogen) atoms. The molecule has 0 radical (unpaired) electrons. The van der Waals surface area contributed by atoms with E-state index in [-0.39, 0.29) is 23.6 Å². The van der Waals surface area contributed by atoms with Gasteiger partial charge in [-0.2, -0.15) is 0 Å². The van der Waals surface area contributed by atoms with Crippen molar-refractivity contribution in [2.75, 3.05) is 37.7 Å². The number of halogens is 1. The highest BCUT2D eigenvalue weighted by molar-refractivity contribution is 5.96. The molecule has 5 rings (SSSR count). The number of aliphatic carboxylic acids is 1. The summed E-state index contributed by atoms with van der Waals surface area (Å²) in [5.74, 6) is 0.408. The van der Waals surface area contributed by atoms with Gasteiger partial charge in [-0.3, -0.25) is 9.59 Å². The minimum atomic E-state index is -0.881. The summed E-state index contributed by atoms with van der Waals surface area (Å²) in [6.07, 6.45) is 2.37. The molecule has 3 aromatic rings. The molecule has 2 N–H and O–H groups in total. The Morgan fingerprint density at radius 2 is 1.63 bits per heavy atom. The van der Waals surface area contributed by atoms with Gasteiger partial charge in [-0.1, -0.05) is 24.3 Å². The van der Waals surface area contributed by atoms with E-state index in [9.17, 15) is 14.0 Å². The molecule has 2 heterocycles. The number of amides is 1. The second-order valence-corrected chi connectivity index (χ2v) is 11.2. The van der Waals surface area contributed by atoms with Gasteiger partial charge in [0, 0.05) is 42.5 Å². The first-order chi connectivity index (χ1) is 19.8. The molecule has 2 aliphatic heterocycles. The zero-order valence-corrected chi connectivity index (χ0v) is 23.7. The first-order valence-electron chi connectivity index (χ1n) is 14.4. The van der Waals surface area contributed by atoms with Crippen LogP contribution in [0.25, 0.3) is 11.1 Å². The zero-order chi connectivity index (χ0) is 29.0.